The van der Waals surface area contributed by atoms with Crippen LogP contribution in [-0.2, 0) is 0 Å². The molecule has 7 heteroatoms. The van der Waals surface area contributed by atoms with Gasteiger partial charge in [-0.15, -0.1) is 0 Å². The first-order chi connectivity index (χ1) is 51.5. The Kier molecular flexibility index (Phi) is 12.4. The fourth-order valence-corrected chi connectivity index (χ4v) is 24.0. The first kappa shape index (κ1) is 58.2. The number of aromatic nitrogens is 5. The number of nitrogens with zero attached hydrogens (tertiary/aromatic N) is 6. The molecule has 0 N–H and O–H groups in total. The summed E-state index contributed by atoms with van der Waals surface area (Å²) in [5.41, 5.74) is 25.9. The lowest BCUT2D eigenvalue weighted by Crippen LogP contribution is -2.70. The minimum atomic E-state index is -3.03. The molecule has 0 saturated carbocycles. The molecule has 2 aliphatic heterocycles. The van der Waals surface area contributed by atoms with Crippen molar-refractivity contribution in [3.8, 4) is 95.7 Å². The maximum Gasteiger partial charge on any atom is 0.183 e. The number of rotatable bonds is 8. The fraction of sp³-hybridized carbons (Fsp3) is 0.0103. The molecule has 0 atom stereocenters. The van der Waals surface area contributed by atoms with Crippen molar-refractivity contribution < 1.29 is 0 Å². The van der Waals surface area contributed by atoms with Gasteiger partial charge >= 0.3 is 0 Å². The van der Waals surface area contributed by atoms with E-state index in [0.717, 1.165) is 166 Å². The molecular weight excluding hydrogens is 1280 g/mol. The van der Waals surface area contributed by atoms with Gasteiger partial charge in [0.25, 0.3) is 0 Å². The van der Waals surface area contributed by atoms with Crippen molar-refractivity contribution in [3.63, 3.8) is 0 Å². The summed E-state index contributed by atoms with van der Waals surface area (Å²) >= 11 is 0. The molecular formula is C97H60N6Si. The van der Waals surface area contributed by atoms with E-state index in [9.17, 15) is 5.26 Å². The Balaban J connectivity index is 1.01. The number of pyridine rings is 1. The second-order valence-electron chi connectivity index (χ2n) is 28.0. The predicted octanol–water partition coefficient (Wildman–Crippen LogP) is 21.7. The van der Waals surface area contributed by atoms with E-state index in [4.69, 9.17) is 4.98 Å². The SMILES string of the molecule is Cc1ccc2c(c1)c1ccccc1n2-c1c(C#N)c(-n2c3ccccc3c3cc(-c4ccccc4)ccc32)c(-n2c3ccccc3c3cc(-c4ccccc4)ccc32)c(-c2cc3c(cn2)[Si]2(c4ccccc4-c4ccccc42)c2ccccc2-3)c1-n1c2ccccc2c2cc(-c3ccccc3)ccc21. The Hall–Kier alpha value is -13.6. The van der Waals surface area contributed by atoms with Gasteiger partial charge in [-0.2, -0.15) is 5.26 Å². The first-order valence-electron chi connectivity index (χ1n) is 35.7. The van der Waals surface area contributed by atoms with E-state index < -0.39 is 8.07 Å². The lowest BCUT2D eigenvalue weighted by molar-refractivity contribution is 1.03. The van der Waals surface area contributed by atoms with Crippen molar-refractivity contribution in [2.75, 3.05) is 0 Å². The highest BCUT2D eigenvalue weighted by molar-refractivity contribution is 7.24. The molecule has 6 nitrogen and oxygen atoms in total. The van der Waals surface area contributed by atoms with Crippen molar-refractivity contribution in [2.24, 2.45) is 0 Å². The van der Waals surface area contributed by atoms with Gasteiger partial charge in [0.15, 0.2) is 8.07 Å². The van der Waals surface area contributed by atoms with Crippen LogP contribution in [-0.4, -0.2) is 31.3 Å². The van der Waals surface area contributed by atoms with E-state index in [1.165, 1.54) is 37.4 Å². The van der Waals surface area contributed by atoms with Gasteiger partial charge in [-0.3, -0.25) is 4.98 Å². The number of para-hydroxylation sites is 4. The molecule has 0 bridgehead atoms. The highest BCUT2D eigenvalue weighted by atomic mass is 28.3. The van der Waals surface area contributed by atoms with E-state index in [0.29, 0.717) is 5.56 Å². The van der Waals surface area contributed by atoms with E-state index in [1.54, 1.807) is 0 Å². The Morgan fingerprint density at radius 2 is 0.587 bits per heavy atom. The zero-order chi connectivity index (χ0) is 68.5. The van der Waals surface area contributed by atoms with Crippen molar-refractivity contribution in [2.45, 2.75) is 6.92 Å². The Morgan fingerprint density at radius 3 is 0.981 bits per heavy atom. The van der Waals surface area contributed by atoms with Gasteiger partial charge < -0.3 is 18.3 Å². The molecule has 0 saturated heterocycles. The third-order valence-electron chi connectivity index (χ3n) is 22.7. The van der Waals surface area contributed by atoms with Crippen LogP contribution in [0.2, 0.25) is 0 Å². The summed E-state index contributed by atoms with van der Waals surface area (Å²) in [6, 6.07) is 128. The zero-order valence-corrected chi connectivity index (χ0v) is 57.6. The molecule has 22 rings (SSSR count). The summed E-state index contributed by atoms with van der Waals surface area (Å²) in [6.45, 7) is 2.18. The van der Waals surface area contributed by atoms with Gasteiger partial charge in [0.2, 0.25) is 0 Å². The number of fused-ring (bicyclic) bond motifs is 22. The van der Waals surface area contributed by atoms with Crippen LogP contribution in [0.1, 0.15) is 11.1 Å². The summed E-state index contributed by atoms with van der Waals surface area (Å²) in [7, 11) is -3.03. The molecule has 0 unspecified atom stereocenters. The van der Waals surface area contributed by atoms with Gasteiger partial charge in [0.1, 0.15) is 11.6 Å². The normalized spacial score (nSPS) is 12.7. The van der Waals surface area contributed by atoms with Gasteiger partial charge in [-0.25, -0.2) is 0 Å². The number of hydrogen-bond donors (Lipinski definition) is 0. The highest BCUT2D eigenvalue weighted by Gasteiger charge is 2.54. The quantitative estimate of drug-likeness (QED) is 0.142. The molecule has 1 spiro atoms. The third kappa shape index (κ3) is 8.00. The summed E-state index contributed by atoms with van der Waals surface area (Å²) in [6.07, 6.45) is 2.28. The smallest absolute Gasteiger partial charge is 0.183 e. The molecule has 2 aliphatic rings. The van der Waals surface area contributed by atoms with Gasteiger partial charge in [-0.1, -0.05) is 266 Å². The topological polar surface area (TPSA) is 56.4 Å². The minimum Gasteiger partial charge on any atom is -0.306 e. The van der Waals surface area contributed by atoms with E-state index in [1.807, 2.05) is 0 Å². The first-order valence-corrected chi connectivity index (χ1v) is 37.7. The van der Waals surface area contributed by atoms with Crippen LogP contribution in [0.4, 0.5) is 0 Å². The molecule has 482 valence electrons. The molecule has 20 aromatic rings. The summed E-state index contributed by atoms with van der Waals surface area (Å²) in [5.74, 6) is 0. The fourth-order valence-electron chi connectivity index (χ4n) is 18.4. The summed E-state index contributed by atoms with van der Waals surface area (Å²) < 4.78 is 9.89. The molecule has 104 heavy (non-hydrogen) atoms. The molecule has 15 aromatic carbocycles. The molecule has 0 fully saturated rings. The van der Waals surface area contributed by atoms with E-state index in [2.05, 4.69) is 377 Å². The number of benzene rings is 15. The van der Waals surface area contributed by atoms with E-state index in [-0.39, 0.29) is 0 Å². The standard InChI is InChI=1S/C97H60N6Si/c1-60-45-49-85-74(53-60)67-31-11-18-38-81(67)100(85)94-79(58-98)95(101-82-39-19-12-32-68(82)75-54-64(46-50-86(75)101)61-25-5-2-6-26-61)97(103-84-41-21-14-34-70(84)77-56-66(48-52-88(77)103)63-29-9-4-10-30-63)93(96(94)102-83-40-20-13-33-69(83)76-55-65(47-51-87(76)102)62-27-7-3-8-28-62)80-57-78-73-37-17-24-44-91(73)104(92(78)59-99-80)89-42-22-15-35-71(89)72-36-16-23-43-90(72)104/h2-57,59H,1H3. The maximum absolute atomic E-state index is 13.6. The highest BCUT2D eigenvalue weighted by Crippen LogP contribution is 2.53. The molecule has 0 amide bonds. The summed E-state index contributed by atoms with van der Waals surface area (Å²) in [5, 5.41) is 27.7. The second-order valence-corrected chi connectivity index (χ2v) is 31.6. The minimum absolute atomic E-state index is 0.493. The maximum atomic E-state index is 13.6. The number of aryl methyl sites for hydroxylation is 1. The van der Waals surface area contributed by atoms with Crippen molar-refractivity contribution in [3.05, 3.63) is 357 Å². The van der Waals surface area contributed by atoms with Crippen LogP contribution in [0.25, 0.3) is 177 Å². The summed E-state index contributed by atoms with van der Waals surface area (Å²) in [4.78, 5) is 6.25. The lowest BCUT2D eigenvalue weighted by atomic mass is 9.94. The van der Waals surface area contributed by atoms with Crippen LogP contribution in [0, 0.1) is 18.3 Å². The average Bonchev–Trinajstić information content (AvgIpc) is 1.53. The van der Waals surface area contributed by atoms with Crippen molar-refractivity contribution >= 4 is 116 Å². The third-order valence-corrected chi connectivity index (χ3v) is 27.6. The molecule has 5 aromatic heterocycles. The van der Waals surface area contributed by atoms with Gasteiger partial charge in [-0.05, 0) is 162 Å². The van der Waals surface area contributed by atoms with Crippen LogP contribution >= 0.6 is 0 Å². The monoisotopic (exact) mass is 1340 g/mol. The van der Waals surface area contributed by atoms with Crippen LogP contribution < -0.4 is 20.7 Å². The van der Waals surface area contributed by atoms with Gasteiger partial charge in [0.05, 0.1) is 78.1 Å². The molecule has 0 radical (unpaired) electrons. The van der Waals surface area contributed by atoms with Gasteiger partial charge in [0, 0.05) is 49.3 Å². The Labute approximate surface area is 600 Å². The Morgan fingerprint density at radius 1 is 0.269 bits per heavy atom. The predicted molar refractivity (Wildman–Crippen MR) is 434 cm³/mol. The largest absolute Gasteiger partial charge is 0.306 e. The average molecular weight is 1340 g/mol. The number of hydrogen-bond acceptors (Lipinski definition) is 2. The zero-order valence-electron chi connectivity index (χ0n) is 56.6. The molecule has 7 heterocycles. The lowest BCUT2D eigenvalue weighted by Gasteiger charge is -2.29. The van der Waals surface area contributed by atoms with E-state index >= 15 is 0 Å². The van der Waals surface area contributed by atoms with Crippen LogP contribution in [0.3, 0.4) is 0 Å². The number of nitriles is 1. The van der Waals surface area contributed by atoms with Crippen LogP contribution in [0.15, 0.2) is 346 Å². The van der Waals surface area contributed by atoms with Crippen LogP contribution in [0.5, 0.6) is 0 Å². The van der Waals surface area contributed by atoms with Crippen molar-refractivity contribution in [1.29, 1.82) is 5.26 Å². The van der Waals surface area contributed by atoms with Crippen molar-refractivity contribution in [1.82, 2.24) is 23.3 Å². The molecule has 0 aliphatic carbocycles. The second kappa shape index (κ2) is 22.2. The Bertz CT molecular complexity index is 7080.